The number of para-hydroxylation sites is 1. The molecule has 1 atom stereocenters. The van der Waals surface area contributed by atoms with Crippen molar-refractivity contribution in [2.45, 2.75) is 13.0 Å². The minimum atomic E-state index is -0.506. The Balaban J connectivity index is 2.86. The predicted molar refractivity (Wildman–Crippen MR) is 69.4 cm³/mol. The average Bonchev–Trinajstić information content (AvgIpc) is 2.34. The van der Waals surface area contributed by atoms with Gasteiger partial charge in [0.1, 0.15) is 11.8 Å². The molecular formula is C14H16N2O. The summed E-state index contributed by atoms with van der Waals surface area (Å²) in [7, 11) is 1.83. The Morgan fingerprint density at radius 3 is 2.59 bits per heavy atom. The van der Waals surface area contributed by atoms with E-state index in [2.05, 4.69) is 6.07 Å². The molecule has 0 saturated carbocycles. The molecule has 0 bridgehead atoms. The minimum absolute atomic E-state index is 0.506. The molecule has 0 heterocycles. The molecule has 1 N–H and O–H groups in total. The lowest BCUT2D eigenvalue weighted by Gasteiger charge is -2.17. The monoisotopic (exact) mass is 228 g/mol. The summed E-state index contributed by atoms with van der Waals surface area (Å²) in [5.41, 5.74) is 1.47. The van der Waals surface area contributed by atoms with Crippen LogP contribution in [0.1, 0.15) is 6.92 Å². The fourth-order valence-corrected chi connectivity index (χ4v) is 1.32. The van der Waals surface area contributed by atoms with Gasteiger partial charge in [-0.15, -0.1) is 0 Å². The van der Waals surface area contributed by atoms with Gasteiger partial charge in [-0.05, 0) is 25.1 Å². The standard InChI is InChI=1S/C14H16N2O/c1-12(17)7-6-10-14(11-15)16(2)13-8-4-3-5-9-13/h3-10,12,17H,1-2H3/b7-6+,14-10+. The topological polar surface area (TPSA) is 47.3 Å². The number of allylic oxidation sites excluding steroid dienone is 3. The van der Waals surface area contributed by atoms with Crippen LogP contribution in [0.15, 0.2) is 54.3 Å². The smallest absolute Gasteiger partial charge is 0.120 e. The van der Waals surface area contributed by atoms with Crippen molar-refractivity contribution in [2.75, 3.05) is 11.9 Å². The zero-order valence-corrected chi connectivity index (χ0v) is 10.0. The summed E-state index contributed by atoms with van der Waals surface area (Å²) < 4.78 is 0. The highest BCUT2D eigenvalue weighted by Gasteiger charge is 2.04. The van der Waals surface area contributed by atoms with Crippen molar-refractivity contribution in [3.63, 3.8) is 0 Å². The van der Waals surface area contributed by atoms with Crippen LogP contribution in [0, 0.1) is 11.3 Å². The number of rotatable bonds is 4. The van der Waals surface area contributed by atoms with Gasteiger partial charge in [0, 0.05) is 12.7 Å². The van der Waals surface area contributed by atoms with Crippen molar-refractivity contribution in [1.29, 1.82) is 5.26 Å². The second-order valence-corrected chi connectivity index (χ2v) is 3.68. The number of benzene rings is 1. The first kappa shape index (κ1) is 13.0. The summed E-state index contributed by atoms with van der Waals surface area (Å²) >= 11 is 0. The lowest BCUT2D eigenvalue weighted by molar-refractivity contribution is 0.244. The van der Waals surface area contributed by atoms with E-state index in [9.17, 15) is 0 Å². The van der Waals surface area contributed by atoms with Crippen molar-refractivity contribution < 1.29 is 5.11 Å². The fraction of sp³-hybridized carbons (Fsp3) is 0.214. The summed E-state index contributed by atoms with van der Waals surface area (Å²) in [4.78, 5) is 1.80. The molecule has 1 rings (SSSR count). The van der Waals surface area contributed by atoms with Crippen molar-refractivity contribution >= 4 is 5.69 Å². The van der Waals surface area contributed by atoms with Crippen molar-refractivity contribution in [2.24, 2.45) is 0 Å². The van der Waals surface area contributed by atoms with Crippen LogP contribution in [0.2, 0.25) is 0 Å². The Hall–Kier alpha value is -2.05. The van der Waals surface area contributed by atoms with Gasteiger partial charge in [-0.1, -0.05) is 30.4 Å². The molecule has 0 aromatic heterocycles. The molecule has 0 amide bonds. The molecule has 0 fully saturated rings. The summed E-state index contributed by atoms with van der Waals surface area (Å²) in [6, 6.07) is 11.8. The Morgan fingerprint density at radius 1 is 1.41 bits per heavy atom. The highest BCUT2D eigenvalue weighted by molar-refractivity contribution is 5.54. The number of aliphatic hydroxyl groups excluding tert-OH is 1. The molecule has 3 nitrogen and oxygen atoms in total. The summed E-state index contributed by atoms with van der Waals surface area (Å²) in [5, 5.41) is 18.1. The second kappa shape index (κ2) is 6.51. The van der Waals surface area contributed by atoms with E-state index in [-0.39, 0.29) is 0 Å². The third kappa shape index (κ3) is 4.13. The number of anilines is 1. The highest BCUT2D eigenvalue weighted by atomic mass is 16.3. The number of hydrogen-bond donors (Lipinski definition) is 1. The van der Waals surface area contributed by atoms with Gasteiger partial charge < -0.3 is 10.0 Å². The SMILES string of the molecule is CC(O)/C=C/C=C(\C#N)N(C)c1ccccc1. The van der Waals surface area contributed by atoms with E-state index in [1.54, 1.807) is 30.1 Å². The zero-order chi connectivity index (χ0) is 12.7. The van der Waals surface area contributed by atoms with E-state index in [0.29, 0.717) is 5.70 Å². The van der Waals surface area contributed by atoms with Crippen LogP contribution in [0.3, 0.4) is 0 Å². The maximum Gasteiger partial charge on any atom is 0.120 e. The zero-order valence-electron chi connectivity index (χ0n) is 10.0. The van der Waals surface area contributed by atoms with Gasteiger partial charge in [0.15, 0.2) is 0 Å². The van der Waals surface area contributed by atoms with Gasteiger partial charge in [0.25, 0.3) is 0 Å². The predicted octanol–water partition coefficient (Wildman–Crippen LogP) is 2.47. The van der Waals surface area contributed by atoms with E-state index in [4.69, 9.17) is 10.4 Å². The molecule has 0 saturated heterocycles. The molecule has 3 heteroatoms. The van der Waals surface area contributed by atoms with E-state index < -0.39 is 6.10 Å². The molecule has 0 spiro atoms. The van der Waals surface area contributed by atoms with Crippen LogP contribution in [0.25, 0.3) is 0 Å². The number of hydrogen-bond acceptors (Lipinski definition) is 3. The molecule has 88 valence electrons. The summed E-state index contributed by atoms with van der Waals surface area (Å²) in [6.45, 7) is 1.66. The number of nitrogens with zero attached hydrogens (tertiary/aromatic N) is 2. The van der Waals surface area contributed by atoms with E-state index in [0.717, 1.165) is 5.69 Å². The molecule has 17 heavy (non-hydrogen) atoms. The van der Waals surface area contributed by atoms with Gasteiger partial charge in [-0.2, -0.15) is 5.26 Å². The summed E-state index contributed by atoms with van der Waals surface area (Å²) in [6.07, 6.45) is 4.48. The van der Waals surface area contributed by atoms with Gasteiger partial charge in [-0.3, -0.25) is 0 Å². The minimum Gasteiger partial charge on any atom is -0.389 e. The van der Waals surface area contributed by atoms with E-state index in [1.807, 2.05) is 37.4 Å². The molecule has 1 aromatic rings. The Kier molecular flexibility index (Phi) is 4.99. The molecule has 0 aliphatic heterocycles. The number of nitriles is 1. The molecule has 0 aliphatic rings. The van der Waals surface area contributed by atoms with Crippen LogP contribution < -0.4 is 4.90 Å². The number of aliphatic hydroxyl groups is 1. The maximum absolute atomic E-state index is 9.08. The first-order valence-corrected chi connectivity index (χ1v) is 5.40. The first-order chi connectivity index (χ1) is 8.15. The first-order valence-electron chi connectivity index (χ1n) is 5.40. The molecular weight excluding hydrogens is 212 g/mol. The highest BCUT2D eigenvalue weighted by Crippen LogP contribution is 2.15. The largest absolute Gasteiger partial charge is 0.389 e. The lowest BCUT2D eigenvalue weighted by atomic mass is 10.2. The lowest BCUT2D eigenvalue weighted by Crippen LogP contribution is -2.14. The van der Waals surface area contributed by atoms with Crippen LogP contribution >= 0.6 is 0 Å². The van der Waals surface area contributed by atoms with Gasteiger partial charge in [0.05, 0.1) is 6.10 Å². The van der Waals surface area contributed by atoms with Gasteiger partial charge in [-0.25, -0.2) is 0 Å². The Labute approximate surface area is 102 Å². The molecule has 0 radical (unpaired) electrons. The van der Waals surface area contributed by atoms with Crippen molar-refractivity contribution in [3.05, 3.63) is 54.3 Å². The molecule has 1 unspecified atom stereocenters. The third-order valence-electron chi connectivity index (χ3n) is 2.26. The quantitative estimate of drug-likeness (QED) is 0.636. The fourth-order valence-electron chi connectivity index (χ4n) is 1.32. The average molecular weight is 228 g/mol. The van der Waals surface area contributed by atoms with Crippen LogP contribution in [-0.2, 0) is 0 Å². The Morgan fingerprint density at radius 2 is 2.06 bits per heavy atom. The van der Waals surface area contributed by atoms with Crippen LogP contribution in [0.5, 0.6) is 0 Å². The normalized spacial score (nSPS) is 13.4. The molecule has 0 aliphatic carbocycles. The Bertz CT molecular complexity index is 441. The van der Waals surface area contributed by atoms with Crippen LogP contribution in [0.4, 0.5) is 5.69 Å². The maximum atomic E-state index is 9.08. The van der Waals surface area contributed by atoms with Gasteiger partial charge >= 0.3 is 0 Å². The van der Waals surface area contributed by atoms with Crippen molar-refractivity contribution in [3.8, 4) is 6.07 Å². The van der Waals surface area contributed by atoms with E-state index in [1.165, 1.54) is 0 Å². The van der Waals surface area contributed by atoms with Crippen molar-refractivity contribution in [1.82, 2.24) is 0 Å². The second-order valence-electron chi connectivity index (χ2n) is 3.68. The molecule has 1 aromatic carbocycles. The van der Waals surface area contributed by atoms with E-state index >= 15 is 0 Å². The third-order valence-corrected chi connectivity index (χ3v) is 2.26. The van der Waals surface area contributed by atoms with Gasteiger partial charge in [0.2, 0.25) is 0 Å². The van der Waals surface area contributed by atoms with Crippen LogP contribution in [-0.4, -0.2) is 18.3 Å². The summed E-state index contributed by atoms with van der Waals surface area (Å²) in [5.74, 6) is 0.